The average Bonchev–Trinajstić information content (AvgIpc) is 3.75. The van der Waals surface area contributed by atoms with Crippen LogP contribution in [0.2, 0.25) is 0 Å². The van der Waals surface area contributed by atoms with Crippen LogP contribution in [0.4, 0.5) is 0 Å². The summed E-state index contributed by atoms with van der Waals surface area (Å²) in [4.78, 5) is 73.3. The van der Waals surface area contributed by atoms with Gasteiger partial charge in [0.05, 0.1) is 13.2 Å². The molecule has 0 aromatic carbocycles. The summed E-state index contributed by atoms with van der Waals surface area (Å²) in [6.45, 7) is 1.65. The van der Waals surface area contributed by atoms with Crippen molar-refractivity contribution in [2.45, 2.75) is 70.6 Å². The Morgan fingerprint density at radius 1 is 0.610 bits per heavy atom. The van der Waals surface area contributed by atoms with Gasteiger partial charge in [0.2, 0.25) is 0 Å². The minimum Gasteiger partial charge on any atom is -0.465 e. The lowest BCUT2D eigenvalue weighted by Crippen LogP contribution is -2.30. The molecule has 6 atom stereocenters. The molecule has 222 valence electrons. The van der Waals surface area contributed by atoms with Gasteiger partial charge in [-0.05, 0) is 86.9 Å². The summed E-state index contributed by atoms with van der Waals surface area (Å²) in [7, 11) is 0. The lowest BCUT2D eigenvalue weighted by molar-refractivity contribution is -0.146. The molecule has 2 bridgehead atoms. The van der Waals surface area contributed by atoms with Gasteiger partial charge in [-0.1, -0.05) is 6.42 Å². The topological polar surface area (TPSA) is 127 Å². The zero-order valence-corrected chi connectivity index (χ0v) is 23.5. The second kappa shape index (κ2) is 13.1. The van der Waals surface area contributed by atoms with Gasteiger partial charge in [0.25, 0.3) is 23.6 Å². The SMILES string of the molecule is O=C(CCCCN1C(=O)C=CC1=O)OCC1CC2C3CC(COC(=O)CCCCCN4C(=O)C=CC4=O)C(C3)C2C1. The quantitative estimate of drug-likeness (QED) is 0.168. The second-order valence-electron chi connectivity index (χ2n) is 12.3. The standard InChI is InChI=1S/C31H40N2O8/c34-26-8-9-27(35)32(26)12-4-1-2-6-31(39)41-19-22-16-21-17-24(22)25-15-20(14-23(21)25)18-40-30(38)7-3-5-13-33-28(36)10-11-29(33)37/h8-11,20-25H,1-7,12-19H2. The molecule has 10 heteroatoms. The minimum absolute atomic E-state index is 0.175. The van der Waals surface area contributed by atoms with E-state index in [1.807, 2.05) is 0 Å². The summed E-state index contributed by atoms with van der Waals surface area (Å²) >= 11 is 0. The molecule has 0 aromatic heterocycles. The van der Waals surface area contributed by atoms with Crippen LogP contribution < -0.4 is 0 Å². The number of amides is 4. The number of unbranched alkanes of at least 4 members (excludes halogenated alkanes) is 3. The second-order valence-corrected chi connectivity index (χ2v) is 12.3. The molecule has 0 radical (unpaired) electrons. The van der Waals surface area contributed by atoms with Crippen molar-refractivity contribution in [2.75, 3.05) is 26.3 Å². The number of imide groups is 2. The molecule has 5 aliphatic rings. The summed E-state index contributed by atoms with van der Waals surface area (Å²) < 4.78 is 11.2. The Balaban J connectivity index is 0.921. The number of carbonyl (C=O) groups is 6. The first-order valence-corrected chi connectivity index (χ1v) is 15.2. The molecule has 10 nitrogen and oxygen atoms in total. The number of esters is 2. The van der Waals surface area contributed by atoms with E-state index in [-0.39, 0.29) is 42.0 Å². The van der Waals surface area contributed by atoms with Crippen LogP contribution in [0.25, 0.3) is 0 Å². The maximum atomic E-state index is 12.3. The van der Waals surface area contributed by atoms with E-state index in [9.17, 15) is 28.8 Å². The third-order valence-corrected chi connectivity index (χ3v) is 9.72. The van der Waals surface area contributed by atoms with Gasteiger partial charge in [-0.15, -0.1) is 0 Å². The fourth-order valence-electron chi connectivity index (χ4n) is 7.77. The van der Waals surface area contributed by atoms with E-state index in [1.165, 1.54) is 40.5 Å². The molecule has 4 amide bonds. The van der Waals surface area contributed by atoms with E-state index in [2.05, 4.69) is 0 Å². The molecule has 3 aliphatic carbocycles. The fraction of sp³-hybridized carbons (Fsp3) is 0.677. The van der Waals surface area contributed by atoms with Crippen molar-refractivity contribution >= 4 is 35.6 Å². The molecule has 0 spiro atoms. The minimum atomic E-state index is -0.295. The summed E-state index contributed by atoms with van der Waals surface area (Å²) in [6, 6.07) is 0. The van der Waals surface area contributed by atoms with Crippen molar-refractivity contribution in [1.29, 1.82) is 0 Å². The summed E-state index contributed by atoms with van der Waals surface area (Å²) in [6.07, 6.45) is 13.5. The van der Waals surface area contributed by atoms with Crippen molar-refractivity contribution in [2.24, 2.45) is 35.5 Å². The predicted octanol–water partition coefficient (Wildman–Crippen LogP) is 2.95. The molecule has 5 rings (SSSR count). The molecule has 2 aliphatic heterocycles. The van der Waals surface area contributed by atoms with Crippen molar-refractivity contribution < 1.29 is 38.2 Å². The van der Waals surface area contributed by atoms with Crippen LogP contribution >= 0.6 is 0 Å². The highest BCUT2D eigenvalue weighted by atomic mass is 16.5. The van der Waals surface area contributed by atoms with Crippen molar-refractivity contribution in [3.63, 3.8) is 0 Å². The van der Waals surface area contributed by atoms with Crippen LogP contribution in [0.5, 0.6) is 0 Å². The van der Waals surface area contributed by atoms with Crippen molar-refractivity contribution in [1.82, 2.24) is 9.80 Å². The highest BCUT2D eigenvalue weighted by molar-refractivity contribution is 6.13. The van der Waals surface area contributed by atoms with Crippen LogP contribution in [-0.2, 0) is 38.2 Å². The number of carbonyl (C=O) groups excluding carboxylic acids is 6. The first kappa shape index (κ1) is 29.2. The van der Waals surface area contributed by atoms with Crippen LogP contribution in [0.1, 0.15) is 70.6 Å². The number of ether oxygens (including phenoxy) is 2. The summed E-state index contributed by atoms with van der Waals surface area (Å²) in [5.41, 5.74) is 0. The van der Waals surface area contributed by atoms with Crippen LogP contribution in [-0.4, -0.2) is 71.7 Å². The number of hydrogen-bond donors (Lipinski definition) is 0. The first-order chi connectivity index (χ1) is 19.8. The zero-order valence-electron chi connectivity index (χ0n) is 23.5. The van der Waals surface area contributed by atoms with Gasteiger partial charge in [-0.25, -0.2) is 0 Å². The van der Waals surface area contributed by atoms with Gasteiger partial charge < -0.3 is 9.47 Å². The predicted molar refractivity (Wildman–Crippen MR) is 145 cm³/mol. The molecule has 0 aromatic rings. The lowest BCUT2D eigenvalue weighted by Gasteiger charge is -2.31. The lowest BCUT2D eigenvalue weighted by atomic mass is 9.76. The Morgan fingerprint density at radius 3 is 1.73 bits per heavy atom. The Labute approximate surface area is 240 Å². The molecule has 41 heavy (non-hydrogen) atoms. The van der Waals surface area contributed by atoms with Crippen LogP contribution in [0.3, 0.4) is 0 Å². The average molecular weight is 569 g/mol. The van der Waals surface area contributed by atoms with E-state index in [0.717, 1.165) is 25.7 Å². The Kier molecular flexibility index (Phi) is 9.35. The normalized spacial score (nSPS) is 29.8. The highest BCUT2D eigenvalue weighted by Crippen LogP contribution is 2.62. The molecule has 6 unspecified atom stereocenters. The Morgan fingerprint density at radius 2 is 1.12 bits per heavy atom. The van der Waals surface area contributed by atoms with Crippen molar-refractivity contribution in [3.05, 3.63) is 24.3 Å². The smallest absolute Gasteiger partial charge is 0.305 e. The zero-order chi connectivity index (χ0) is 28.9. The van der Waals surface area contributed by atoms with E-state index < -0.39 is 0 Å². The van der Waals surface area contributed by atoms with Crippen LogP contribution in [0.15, 0.2) is 24.3 Å². The fourth-order valence-corrected chi connectivity index (χ4v) is 7.77. The highest BCUT2D eigenvalue weighted by Gasteiger charge is 2.56. The molecule has 0 saturated heterocycles. The largest absolute Gasteiger partial charge is 0.465 e. The number of rotatable bonds is 15. The summed E-state index contributed by atoms with van der Waals surface area (Å²) in [5.74, 6) is 1.83. The third kappa shape index (κ3) is 6.96. The van der Waals surface area contributed by atoms with E-state index in [1.54, 1.807) is 0 Å². The Hall–Kier alpha value is -3.30. The van der Waals surface area contributed by atoms with Gasteiger partial charge in [0, 0.05) is 50.2 Å². The molecular weight excluding hydrogens is 528 g/mol. The maximum absolute atomic E-state index is 12.3. The molecule has 0 N–H and O–H groups in total. The Bertz CT molecular complexity index is 1090. The van der Waals surface area contributed by atoms with Gasteiger partial charge >= 0.3 is 11.9 Å². The van der Waals surface area contributed by atoms with E-state index in [4.69, 9.17) is 9.47 Å². The van der Waals surface area contributed by atoms with Crippen molar-refractivity contribution in [3.8, 4) is 0 Å². The third-order valence-electron chi connectivity index (χ3n) is 9.72. The number of fused-ring (bicyclic) bond motifs is 5. The van der Waals surface area contributed by atoms with Gasteiger partial charge in [0.15, 0.2) is 0 Å². The van der Waals surface area contributed by atoms with E-state index >= 15 is 0 Å². The van der Waals surface area contributed by atoms with Gasteiger partial charge in [-0.3, -0.25) is 38.6 Å². The number of nitrogens with zero attached hydrogens (tertiary/aromatic N) is 2. The molecular formula is C31H40N2O8. The van der Waals surface area contributed by atoms with Crippen LogP contribution in [0, 0.1) is 35.5 Å². The molecule has 3 fully saturated rings. The molecule has 2 heterocycles. The number of hydrogen-bond acceptors (Lipinski definition) is 8. The maximum Gasteiger partial charge on any atom is 0.305 e. The first-order valence-electron chi connectivity index (χ1n) is 15.2. The van der Waals surface area contributed by atoms with Gasteiger partial charge in [0.1, 0.15) is 0 Å². The molecule has 3 saturated carbocycles. The van der Waals surface area contributed by atoms with E-state index in [0.29, 0.717) is 93.9 Å². The summed E-state index contributed by atoms with van der Waals surface area (Å²) in [5, 5.41) is 0. The van der Waals surface area contributed by atoms with Gasteiger partial charge in [-0.2, -0.15) is 0 Å². The monoisotopic (exact) mass is 568 g/mol.